The van der Waals surface area contributed by atoms with Gasteiger partial charge in [0.2, 0.25) is 0 Å². The molecule has 0 saturated carbocycles. The second-order valence-electron chi connectivity index (χ2n) is 4.53. The highest BCUT2D eigenvalue weighted by molar-refractivity contribution is 5.94. The van der Waals surface area contributed by atoms with Crippen LogP contribution in [-0.2, 0) is 6.54 Å². The predicted molar refractivity (Wildman–Crippen MR) is 72.2 cm³/mol. The van der Waals surface area contributed by atoms with Gasteiger partial charge in [-0.15, -0.1) is 5.10 Å². The molecule has 2 rings (SSSR count). The molecule has 1 aromatic heterocycles. The summed E-state index contributed by atoms with van der Waals surface area (Å²) in [4.78, 5) is 11.3. The summed E-state index contributed by atoms with van der Waals surface area (Å²) in [6, 6.07) is 3.18. The molecule has 1 heterocycles. The molecule has 2 aromatic rings. The van der Waals surface area contributed by atoms with Gasteiger partial charge in [-0.3, -0.25) is 0 Å². The summed E-state index contributed by atoms with van der Waals surface area (Å²) in [5.41, 5.74) is 1.18. The van der Waals surface area contributed by atoms with Crippen LogP contribution in [0.5, 0.6) is 0 Å². The second kappa shape index (κ2) is 5.82. The monoisotopic (exact) mass is 293 g/mol. The number of rotatable bonds is 4. The van der Waals surface area contributed by atoms with Crippen molar-refractivity contribution in [3.8, 4) is 0 Å². The Labute approximate surface area is 119 Å². The number of nitrogens with one attached hydrogen (secondary N) is 1. The Kier molecular flexibility index (Phi) is 4.11. The average molecular weight is 293 g/mol. The molecular weight excluding hydrogens is 280 g/mol. The van der Waals surface area contributed by atoms with E-state index < -0.39 is 17.6 Å². The van der Waals surface area contributed by atoms with E-state index in [1.165, 1.54) is 6.07 Å². The third-order valence-electron chi connectivity index (χ3n) is 3.13. The van der Waals surface area contributed by atoms with Crippen LogP contribution >= 0.6 is 0 Å². The van der Waals surface area contributed by atoms with E-state index in [9.17, 15) is 18.7 Å². The summed E-state index contributed by atoms with van der Waals surface area (Å²) in [5.74, 6) is -2.48. The van der Waals surface area contributed by atoms with Gasteiger partial charge in [-0.25, -0.2) is 13.6 Å². The van der Waals surface area contributed by atoms with E-state index in [0.29, 0.717) is 11.3 Å². The molecule has 5 nitrogen and oxygen atoms in total. The first kappa shape index (κ1) is 14.8. The van der Waals surface area contributed by atoms with Crippen molar-refractivity contribution in [1.82, 2.24) is 10.2 Å². The zero-order valence-electron chi connectivity index (χ0n) is 11.4. The molecule has 110 valence electrons. The van der Waals surface area contributed by atoms with E-state index in [1.54, 1.807) is 13.8 Å². The normalized spacial score (nSPS) is 10.5. The molecule has 0 aliphatic rings. The number of aromatic carboxylic acids is 1. The van der Waals surface area contributed by atoms with E-state index in [-0.39, 0.29) is 23.5 Å². The van der Waals surface area contributed by atoms with Gasteiger partial charge in [-0.2, -0.15) is 5.10 Å². The molecule has 0 unspecified atom stereocenters. The van der Waals surface area contributed by atoms with Crippen molar-refractivity contribution in [3.63, 3.8) is 0 Å². The average Bonchev–Trinajstić information content (AvgIpc) is 2.41. The number of nitrogens with zero attached hydrogens (tertiary/aromatic N) is 2. The molecule has 21 heavy (non-hydrogen) atoms. The first-order chi connectivity index (χ1) is 9.90. The summed E-state index contributed by atoms with van der Waals surface area (Å²) < 4.78 is 26.3. The Morgan fingerprint density at radius 3 is 2.62 bits per heavy atom. The second-order valence-corrected chi connectivity index (χ2v) is 4.53. The zero-order chi connectivity index (χ0) is 15.6. The summed E-state index contributed by atoms with van der Waals surface area (Å²) in [7, 11) is 0. The van der Waals surface area contributed by atoms with Crippen molar-refractivity contribution < 1.29 is 18.7 Å². The van der Waals surface area contributed by atoms with Gasteiger partial charge in [0.15, 0.2) is 5.82 Å². The van der Waals surface area contributed by atoms with Crippen molar-refractivity contribution in [1.29, 1.82) is 0 Å². The van der Waals surface area contributed by atoms with Crippen LogP contribution in [0.25, 0.3) is 0 Å². The van der Waals surface area contributed by atoms with E-state index in [2.05, 4.69) is 15.5 Å². The number of benzene rings is 1. The fraction of sp³-hybridized carbons (Fsp3) is 0.214. The topological polar surface area (TPSA) is 75.1 Å². The highest BCUT2D eigenvalue weighted by atomic mass is 19.1. The molecule has 0 radical (unpaired) electrons. The number of hydrogen-bond donors (Lipinski definition) is 2. The number of carbonyl (C=O) groups is 1. The molecule has 0 aliphatic heterocycles. The molecular formula is C14H13F2N3O2. The summed E-state index contributed by atoms with van der Waals surface area (Å²) >= 11 is 0. The van der Waals surface area contributed by atoms with E-state index in [1.807, 2.05) is 0 Å². The van der Waals surface area contributed by atoms with Crippen LogP contribution < -0.4 is 5.32 Å². The number of aryl methyl sites for hydroxylation is 1. The van der Waals surface area contributed by atoms with E-state index >= 15 is 0 Å². The number of carboxylic acid groups (broad SMARTS) is 1. The minimum atomic E-state index is -1.15. The van der Waals surface area contributed by atoms with Crippen LogP contribution in [0.2, 0.25) is 0 Å². The van der Waals surface area contributed by atoms with Crippen molar-refractivity contribution in [2.45, 2.75) is 20.4 Å². The largest absolute Gasteiger partial charge is 0.478 e. The molecule has 0 amide bonds. The van der Waals surface area contributed by atoms with Gasteiger partial charge in [-0.05, 0) is 25.5 Å². The van der Waals surface area contributed by atoms with Gasteiger partial charge in [0, 0.05) is 18.2 Å². The van der Waals surface area contributed by atoms with Crippen LogP contribution in [-0.4, -0.2) is 21.3 Å². The fourth-order valence-corrected chi connectivity index (χ4v) is 1.84. The Balaban J connectivity index is 2.28. The molecule has 0 atom stereocenters. The fourth-order valence-electron chi connectivity index (χ4n) is 1.84. The van der Waals surface area contributed by atoms with Crippen LogP contribution in [0.3, 0.4) is 0 Å². The Morgan fingerprint density at radius 1 is 1.29 bits per heavy atom. The standard InChI is InChI=1S/C14H13F2N3O2/c1-7-8(2)18-19-13(12(7)14(20)21)17-6-9-3-4-10(15)5-11(9)16/h3-5H,6H2,1-2H3,(H,17,19)(H,20,21). The highest BCUT2D eigenvalue weighted by Crippen LogP contribution is 2.19. The lowest BCUT2D eigenvalue weighted by atomic mass is 10.1. The lowest BCUT2D eigenvalue weighted by Crippen LogP contribution is -2.13. The minimum absolute atomic E-state index is 0.00924. The third-order valence-corrected chi connectivity index (χ3v) is 3.13. The first-order valence-corrected chi connectivity index (χ1v) is 6.15. The highest BCUT2D eigenvalue weighted by Gasteiger charge is 2.17. The van der Waals surface area contributed by atoms with Crippen LogP contribution in [0.4, 0.5) is 14.6 Å². The third kappa shape index (κ3) is 3.13. The number of aromatic nitrogens is 2. The van der Waals surface area contributed by atoms with Crippen molar-refractivity contribution in [3.05, 3.63) is 52.2 Å². The Hall–Kier alpha value is -2.57. The van der Waals surface area contributed by atoms with Crippen LogP contribution in [0.1, 0.15) is 27.2 Å². The Bertz CT molecular complexity index is 705. The molecule has 0 aliphatic carbocycles. The summed E-state index contributed by atoms with van der Waals surface area (Å²) in [6.45, 7) is 3.25. The summed E-state index contributed by atoms with van der Waals surface area (Å²) in [5, 5.41) is 19.6. The molecule has 0 fully saturated rings. The number of hydrogen-bond acceptors (Lipinski definition) is 4. The van der Waals surface area contributed by atoms with Gasteiger partial charge < -0.3 is 10.4 Å². The first-order valence-electron chi connectivity index (χ1n) is 6.15. The molecule has 0 bridgehead atoms. The molecule has 7 heteroatoms. The number of anilines is 1. The van der Waals surface area contributed by atoms with Gasteiger partial charge in [0.05, 0.1) is 5.69 Å². The maximum atomic E-state index is 13.5. The SMILES string of the molecule is Cc1nnc(NCc2ccc(F)cc2F)c(C(=O)O)c1C. The Morgan fingerprint density at radius 2 is 2.00 bits per heavy atom. The van der Waals surface area contributed by atoms with Gasteiger partial charge in [0.1, 0.15) is 17.2 Å². The lowest BCUT2D eigenvalue weighted by Gasteiger charge is -2.11. The number of halogens is 2. The molecule has 0 saturated heterocycles. The minimum Gasteiger partial charge on any atom is -0.478 e. The smallest absolute Gasteiger partial charge is 0.339 e. The van der Waals surface area contributed by atoms with Crippen LogP contribution in [0, 0.1) is 25.5 Å². The molecule has 0 spiro atoms. The van der Waals surface area contributed by atoms with E-state index in [4.69, 9.17) is 0 Å². The quantitative estimate of drug-likeness (QED) is 0.906. The summed E-state index contributed by atoms with van der Waals surface area (Å²) in [6.07, 6.45) is 0. The van der Waals surface area contributed by atoms with Crippen molar-refractivity contribution in [2.75, 3.05) is 5.32 Å². The zero-order valence-corrected chi connectivity index (χ0v) is 11.4. The lowest BCUT2D eigenvalue weighted by molar-refractivity contribution is 0.0696. The van der Waals surface area contributed by atoms with Gasteiger partial charge in [-0.1, -0.05) is 6.07 Å². The van der Waals surface area contributed by atoms with Crippen molar-refractivity contribution >= 4 is 11.8 Å². The van der Waals surface area contributed by atoms with Gasteiger partial charge >= 0.3 is 5.97 Å². The van der Waals surface area contributed by atoms with Crippen molar-refractivity contribution in [2.24, 2.45) is 0 Å². The molecule has 2 N–H and O–H groups in total. The maximum Gasteiger partial charge on any atom is 0.339 e. The molecule has 1 aromatic carbocycles. The van der Waals surface area contributed by atoms with Crippen LogP contribution in [0.15, 0.2) is 18.2 Å². The maximum absolute atomic E-state index is 13.5. The number of carboxylic acids is 1. The predicted octanol–water partition coefficient (Wildman–Crippen LogP) is 2.68. The van der Waals surface area contributed by atoms with Gasteiger partial charge in [0.25, 0.3) is 0 Å². The van der Waals surface area contributed by atoms with E-state index in [0.717, 1.165) is 12.1 Å².